The van der Waals surface area contributed by atoms with Crippen LogP contribution in [0.4, 0.5) is 5.82 Å². The molecule has 0 saturated carbocycles. The lowest BCUT2D eigenvalue weighted by molar-refractivity contribution is 0.254. The number of nitrogens with zero attached hydrogens (tertiary/aromatic N) is 2. The lowest BCUT2D eigenvalue weighted by Gasteiger charge is -2.31. The van der Waals surface area contributed by atoms with Crippen molar-refractivity contribution in [2.24, 2.45) is 0 Å². The minimum absolute atomic E-state index is 0.0601. The zero-order valence-corrected chi connectivity index (χ0v) is 12.2. The number of aliphatic hydroxyl groups is 2. The molecule has 4 nitrogen and oxygen atoms in total. The Hall–Kier alpha value is -1.65. The fourth-order valence-electron chi connectivity index (χ4n) is 3.18. The molecule has 1 saturated heterocycles. The van der Waals surface area contributed by atoms with Gasteiger partial charge in [-0.2, -0.15) is 0 Å². The Kier molecular flexibility index (Phi) is 4.36. The smallest absolute Gasteiger partial charge is 0.137 e. The van der Waals surface area contributed by atoms with Crippen molar-refractivity contribution in [3.05, 3.63) is 36.0 Å². The van der Waals surface area contributed by atoms with Gasteiger partial charge in [0.25, 0.3) is 0 Å². The zero-order chi connectivity index (χ0) is 14.7. The van der Waals surface area contributed by atoms with E-state index >= 15 is 0 Å². The van der Waals surface area contributed by atoms with Crippen LogP contribution in [0.1, 0.15) is 31.4 Å². The van der Waals surface area contributed by atoms with E-state index in [-0.39, 0.29) is 19.3 Å². The Morgan fingerprint density at radius 2 is 2.00 bits per heavy atom. The quantitative estimate of drug-likeness (QED) is 0.910. The molecule has 1 unspecified atom stereocenters. The SMILES string of the molecule is OCc1cc2ccccc2c(N2CCCCCC2CO)n1. The van der Waals surface area contributed by atoms with E-state index in [4.69, 9.17) is 0 Å². The van der Waals surface area contributed by atoms with Gasteiger partial charge >= 0.3 is 0 Å². The van der Waals surface area contributed by atoms with E-state index < -0.39 is 0 Å². The molecule has 0 amide bonds. The molecule has 0 spiro atoms. The third-order valence-corrected chi connectivity index (χ3v) is 4.30. The van der Waals surface area contributed by atoms with E-state index in [0.717, 1.165) is 42.4 Å². The molecule has 1 fully saturated rings. The highest BCUT2D eigenvalue weighted by Gasteiger charge is 2.23. The van der Waals surface area contributed by atoms with Crippen LogP contribution in [0.25, 0.3) is 10.8 Å². The summed E-state index contributed by atoms with van der Waals surface area (Å²) in [4.78, 5) is 6.88. The van der Waals surface area contributed by atoms with Crippen LogP contribution in [0.3, 0.4) is 0 Å². The lowest BCUT2D eigenvalue weighted by atomic mass is 10.1. The number of rotatable bonds is 3. The van der Waals surface area contributed by atoms with E-state index in [1.807, 2.05) is 24.3 Å². The fraction of sp³-hybridized carbons (Fsp3) is 0.471. The molecule has 1 aromatic carbocycles. The Bertz CT molecular complexity index is 615. The number of hydrogen-bond donors (Lipinski definition) is 2. The molecule has 2 heterocycles. The van der Waals surface area contributed by atoms with Gasteiger partial charge in [-0.05, 0) is 24.3 Å². The molecule has 1 aromatic heterocycles. The highest BCUT2D eigenvalue weighted by Crippen LogP contribution is 2.30. The first-order chi connectivity index (χ1) is 10.3. The van der Waals surface area contributed by atoms with Crippen molar-refractivity contribution in [1.29, 1.82) is 0 Å². The predicted molar refractivity (Wildman–Crippen MR) is 84.4 cm³/mol. The first kappa shape index (κ1) is 14.3. The second kappa shape index (κ2) is 6.41. The summed E-state index contributed by atoms with van der Waals surface area (Å²) in [6.07, 6.45) is 4.47. The molecule has 2 aromatic rings. The van der Waals surface area contributed by atoms with Crippen molar-refractivity contribution in [2.45, 2.75) is 38.3 Å². The van der Waals surface area contributed by atoms with Gasteiger partial charge in [0.05, 0.1) is 24.9 Å². The van der Waals surface area contributed by atoms with Gasteiger partial charge < -0.3 is 15.1 Å². The molecule has 112 valence electrons. The number of benzene rings is 1. The number of aromatic nitrogens is 1. The summed E-state index contributed by atoms with van der Waals surface area (Å²) in [6.45, 7) is 1.01. The Balaban J connectivity index is 2.12. The summed E-state index contributed by atoms with van der Waals surface area (Å²) in [6, 6.07) is 10.2. The number of aliphatic hydroxyl groups excluding tert-OH is 2. The van der Waals surface area contributed by atoms with Crippen LogP contribution < -0.4 is 4.90 Å². The van der Waals surface area contributed by atoms with Gasteiger partial charge in [0.1, 0.15) is 5.82 Å². The monoisotopic (exact) mass is 286 g/mol. The van der Waals surface area contributed by atoms with E-state index in [0.29, 0.717) is 5.69 Å². The average molecular weight is 286 g/mol. The molecule has 0 bridgehead atoms. The molecule has 1 aliphatic heterocycles. The first-order valence-electron chi connectivity index (χ1n) is 7.70. The summed E-state index contributed by atoms with van der Waals surface area (Å²) in [7, 11) is 0. The molecule has 0 radical (unpaired) electrons. The van der Waals surface area contributed by atoms with Gasteiger partial charge in [0, 0.05) is 11.9 Å². The highest BCUT2D eigenvalue weighted by molar-refractivity contribution is 5.92. The van der Waals surface area contributed by atoms with Crippen LogP contribution in [0.2, 0.25) is 0 Å². The summed E-state index contributed by atoms with van der Waals surface area (Å²) in [5, 5.41) is 21.4. The van der Waals surface area contributed by atoms with Crippen LogP contribution in [-0.2, 0) is 6.61 Å². The Morgan fingerprint density at radius 3 is 2.81 bits per heavy atom. The summed E-state index contributed by atoms with van der Waals surface area (Å²) in [5.74, 6) is 0.901. The van der Waals surface area contributed by atoms with Crippen LogP contribution in [0, 0.1) is 0 Å². The molecular weight excluding hydrogens is 264 g/mol. The van der Waals surface area contributed by atoms with Crippen LogP contribution in [0.15, 0.2) is 30.3 Å². The van der Waals surface area contributed by atoms with Crippen molar-refractivity contribution in [3.63, 3.8) is 0 Å². The number of hydrogen-bond acceptors (Lipinski definition) is 4. The molecule has 2 N–H and O–H groups in total. The molecule has 3 rings (SSSR count). The molecule has 1 atom stereocenters. The van der Waals surface area contributed by atoms with Crippen molar-refractivity contribution in [1.82, 2.24) is 4.98 Å². The molecular formula is C17H22N2O2. The average Bonchev–Trinajstić information content (AvgIpc) is 2.78. The standard InChI is InChI=1S/C17H22N2O2/c20-11-14-10-13-6-3-4-8-16(13)17(18-14)19-9-5-1-2-7-15(19)12-21/h3-4,6,8,10,15,20-21H,1-2,5,7,9,11-12H2. The van der Waals surface area contributed by atoms with Gasteiger partial charge in [-0.3, -0.25) is 0 Å². The van der Waals surface area contributed by atoms with Crippen LogP contribution >= 0.6 is 0 Å². The lowest BCUT2D eigenvalue weighted by Crippen LogP contribution is -2.38. The largest absolute Gasteiger partial charge is 0.394 e. The van der Waals surface area contributed by atoms with Gasteiger partial charge in [-0.25, -0.2) is 4.98 Å². The number of fused-ring (bicyclic) bond motifs is 1. The summed E-state index contributed by atoms with van der Waals surface area (Å²) in [5.41, 5.74) is 0.685. The Morgan fingerprint density at radius 1 is 1.14 bits per heavy atom. The highest BCUT2D eigenvalue weighted by atomic mass is 16.3. The van der Waals surface area contributed by atoms with Crippen molar-refractivity contribution in [2.75, 3.05) is 18.1 Å². The second-order valence-corrected chi connectivity index (χ2v) is 5.70. The normalized spacial score (nSPS) is 19.7. The zero-order valence-electron chi connectivity index (χ0n) is 12.2. The molecule has 4 heteroatoms. The van der Waals surface area contributed by atoms with Crippen molar-refractivity contribution >= 4 is 16.6 Å². The Labute approximate surface area is 125 Å². The predicted octanol–water partition coefficient (Wildman–Crippen LogP) is 2.47. The summed E-state index contributed by atoms with van der Waals surface area (Å²) >= 11 is 0. The van der Waals surface area contributed by atoms with Crippen molar-refractivity contribution < 1.29 is 10.2 Å². The van der Waals surface area contributed by atoms with Crippen LogP contribution in [-0.4, -0.2) is 34.4 Å². The maximum atomic E-state index is 9.73. The van der Waals surface area contributed by atoms with E-state index in [1.165, 1.54) is 6.42 Å². The van der Waals surface area contributed by atoms with Crippen LogP contribution in [0.5, 0.6) is 0 Å². The minimum Gasteiger partial charge on any atom is -0.394 e. The second-order valence-electron chi connectivity index (χ2n) is 5.70. The third kappa shape index (κ3) is 2.87. The maximum absolute atomic E-state index is 9.73. The molecule has 21 heavy (non-hydrogen) atoms. The van der Waals surface area contributed by atoms with Gasteiger partial charge in [-0.1, -0.05) is 37.1 Å². The van der Waals surface area contributed by atoms with E-state index in [1.54, 1.807) is 0 Å². The number of anilines is 1. The molecule has 0 aliphatic carbocycles. The van der Waals surface area contributed by atoms with E-state index in [2.05, 4.69) is 16.0 Å². The summed E-state index contributed by atoms with van der Waals surface area (Å²) < 4.78 is 0. The minimum atomic E-state index is -0.0601. The maximum Gasteiger partial charge on any atom is 0.137 e. The number of pyridine rings is 1. The first-order valence-corrected chi connectivity index (χ1v) is 7.70. The van der Waals surface area contributed by atoms with Gasteiger partial charge in [0.2, 0.25) is 0 Å². The van der Waals surface area contributed by atoms with E-state index in [9.17, 15) is 10.2 Å². The topological polar surface area (TPSA) is 56.6 Å². The third-order valence-electron chi connectivity index (χ3n) is 4.30. The fourth-order valence-corrected chi connectivity index (χ4v) is 3.18. The van der Waals surface area contributed by atoms with Gasteiger partial charge in [0.15, 0.2) is 0 Å². The molecule has 1 aliphatic rings. The van der Waals surface area contributed by atoms with Crippen molar-refractivity contribution in [3.8, 4) is 0 Å². The van der Waals surface area contributed by atoms with Gasteiger partial charge in [-0.15, -0.1) is 0 Å².